The van der Waals surface area contributed by atoms with E-state index in [0.717, 1.165) is 31.5 Å². The number of carbonyl (C=O) groups is 2. The number of amides is 2. The second-order valence-corrected chi connectivity index (χ2v) is 9.93. The Morgan fingerprint density at radius 2 is 1.59 bits per heavy atom. The first kappa shape index (κ1) is 22.4. The van der Waals surface area contributed by atoms with Crippen LogP contribution in [0, 0.1) is 6.92 Å². The maximum Gasteiger partial charge on any atom is 0.255 e. The van der Waals surface area contributed by atoms with Crippen LogP contribution in [0.3, 0.4) is 0 Å². The lowest BCUT2D eigenvalue weighted by Crippen LogP contribution is -2.40. The molecule has 0 aliphatic carbocycles. The highest BCUT2D eigenvalue weighted by Gasteiger charge is 2.27. The Kier molecular flexibility index (Phi) is 6.59. The van der Waals surface area contributed by atoms with Crippen molar-refractivity contribution in [2.45, 2.75) is 24.7 Å². The van der Waals surface area contributed by atoms with Gasteiger partial charge in [-0.3, -0.25) is 9.59 Å². The lowest BCUT2D eigenvalue weighted by atomic mass is 10.1. The molecule has 0 spiro atoms. The van der Waals surface area contributed by atoms with Crippen LogP contribution >= 0.6 is 0 Å². The number of likely N-dealkylation sites (tertiary alicyclic amines) is 1. The Morgan fingerprint density at radius 3 is 2.25 bits per heavy atom. The molecule has 2 amide bonds. The number of hydrogen-bond donors (Lipinski definition) is 1. The number of benzene rings is 2. The first-order valence-electron chi connectivity index (χ1n) is 10.8. The number of morpholine rings is 1. The van der Waals surface area contributed by atoms with Crippen molar-refractivity contribution in [1.29, 1.82) is 0 Å². The van der Waals surface area contributed by atoms with Crippen molar-refractivity contribution < 1.29 is 22.7 Å². The molecule has 8 nitrogen and oxygen atoms in total. The summed E-state index contributed by atoms with van der Waals surface area (Å²) in [6, 6.07) is 11.2. The minimum atomic E-state index is -3.63. The Balaban J connectivity index is 1.53. The smallest absolute Gasteiger partial charge is 0.255 e. The molecule has 0 unspecified atom stereocenters. The highest BCUT2D eigenvalue weighted by molar-refractivity contribution is 7.89. The van der Waals surface area contributed by atoms with Crippen LogP contribution in [0.2, 0.25) is 0 Å². The van der Waals surface area contributed by atoms with Crippen LogP contribution in [0.4, 0.5) is 5.69 Å². The zero-order valence-corrected chi connectivity index (χ0v) is 18.9. The third kappa shape index (κ3) is 4.55. The van der Waals surface area contributed by atoms with Crippen molar-refractivity contribution in [2.75, 3.05) is 44.7 Å². The quantitative estimate of drug-likeness (QED) is 0.744. The van der Waals surface area contributed by atoms with Crippen molar-refractivity contribution in [1.82, 2.24) is 9.21 Å². The molecule has 1 N–H and O–H groups in total. The lowest BCUT2D eigenvalue weighted by Gasteiger charge is -2.26. The van der Waals surface area contributed by atoms with E-state index in [1.807, 2.05) is 13.0 Å². The minimum Gasteiger partial charge on any atom is -0.379 e. The van der Waals surface area contributed by atoms with Gasteiger partial charge in [0.2, 0.25) is 10.0 Å². The molecule has 0 aromatic heterocycles. The molecule has 0 bridgehead atoms. The van der Waals surface area contributed by atoms with Crippen LogP contribution in [-0.4, -0.2) is 68.8 Å². The SMILES string of the molecule is Cc1cccc(C(=O)N2CCCC2)c1NC(=O)c1ccc(S(=O)(=O)N2CCOCC2)cc1. The Morgan fingerprint density at radius 1 is 0.938 bits per heavy atom. The van der Waals surface area contributed by atoms with Gasteiger partial charge in [0.1, 0.15) is 0 Å². The monoisotopic (exact) mass is 457 g/mol. The molecule has 0 atom stereocenters. The number of para-hydroxylation sites is 1. The van der Waals surface area contributed by atoms with Crippen LogP contribution in [0.5, 0.6) is 0 Å². The van der Waals surface area contributed by atoms with E-state index in [2.05, 4.69) is 5.32 Å². The number of nitrogens with one attached hydrogen (secondary N) is 1. The van der Waals surface area contributed by atoms with Crippen LogP contribution in [0.25, 0.3) is 0 Å². The maximum absolute atomic E-state index is 12.9. The van der Waals surface area contributed by atoms with Crippen molar-refractivity contribution in [3.8, 4) is 0 Å². The van der Waals surface area contributed by atoms with Gasteiger partial charge in [-0.1, -0.05) is 12.1 Å². The molecule has 0 radical (unpaired) electrons. The molecule has 2 aromatic carbocycles. The zero-order chi connectivity index (χ0) is 22.7. The largest absolute Gasteiger partial charge is 0.379 e. The molecule has 0 saturated carbocycles. The van der Waals surface area contributed by atoms with Gasteiger partial charge in [-0.2, -0.15) is 4.31 Å². The van der Waals surface area contributed by atoms with Crippen LogP contribution < -0.4 is 5.32 Å². The van der Waals surface area contributed by atoms with E-state index >= 15 is 0 Å². The Hall–Kier alpha value is -2.75. The fraction of sp³-hybridized carbons (Fsp3) is 0.391. The van der Waals surface area contributed by atoms with Crippen molar-refractivity contribution in [3.63, 3.8) is 0 Å². The fourth-order valence-corrected chi connectivity index (χ4v) is 5.41. The Bertz CT molecular complexity index is 1100. The molecule has 2 saturated heterocycles. The van der Waals surface area contributed by atoms with E-state index in [1.54, 1.807) is 17.0 Å². The summed E-state index contributed by atoms with van der Waals surface area (Å²) < 4.78 is 32.2. The second-order valence-electron chi connectivity index (χ2n) is 7.99. The van der Waals surface area contributed by atoms with E-state index in [-0.39, 0.29) is 10.8 Å². The van der Waals surface area contributed by atoms with Gasteiger partial charge in [-0.25, -0.2) is 8.42 Å². The van der Waals surface area contributed by atoms with Gasteiger partial charge in [0.25, 0.3) is 11.8 Å². The van der Waals surface area contributed by atoms with Crippen molar-refractivity contribution in [2.24, 2.45) is 0 Å². The van der Waals surface area contributed by atoms with E-state index in [1.165, 1.54) is 28.6 Å². The highest BCUT2D eigenvalue weighted by atomic mass is 32.2. The summed E-state index contributed by atoms with van der Waals surface area (Å²) >= 11 is 0. The summed E-state index contributed by atoms with van der Waals surface area (Å²) in [4.78, 5) is 27.8. The van der Waals surface area contributed by atoms with E-state index in [0.29, 0.717) is 43.1 Å². The predicted molar refractivity (Wildman–Crippen MR) is 120 cm³/mol. The molecule has 2 fully saturated rings. The topological polar surface area (TPSA) is 96.0 Å². The average molecular weight is 458 g/mol. The number of anilines is 1. The van der Waals surface area contributed by atoms with Gasteiger partial charge in [0.05, 0.1) is 29.4 Å². The second kappa shape index (κ2) is 9.40. The van der Waals surface area contributed by atoms with E-state index in [4.69, 9.17) is 4.74 Å². The molecule has 2 aromatic rings. The summed E-state index contributed by atoms with van der Waals surface area (Å²) in [5.74, 6) is -0.487. The number of hydrogen-bond acceptors (Lipinski definition) is 5. The number of sulfonamides is 1. The minimum absolute atomic E-state index is 0.0894. The first-order chi connectivity index (χ1) is 15.4. The van der Waals surface area contributed by atoms with Gasteiger partial charge in [-0.15, -0.1) is 0 Å². The molecule has 4 rings (SSSR count). The molecule has 2 heterocycles. The highest BCUT2D eigenvalue weighted by Crippen LogP contribution is 2.25. The number of ether oxygens (including phenoxy) is 1. The van der Waals surface area contributed by atoms with Crippen molar-refractivity contribution >= 4 is 27.5 Å². The zero-order valence-electron chi connectivity index (χ0n) is 18.0. The summed E-state index contributed by atoms with van der Waals surface area (Å²) in [5, 5.41) is 2.86. The average Bonchev–Trinajstić information content (AvgIpc) is 3.35. The van der Waals surface area contributed by atoms with Crippen LogP contribution in [0.1, 0.15) is 39.1 Å². The molecule has 2 aliphatic rings. The van der Waals surface area contributed by atoms with Crippen molar-refractivity contribution in [3.05, 3.63) is 59.2 Å². The van der Waals surface area contributed by atoms with Gasteiger partial charge >= 0.3 is 0 Å². The predicted octanol–water partition coefficient (Wildman–Crippen LogP) is 2.50. The molecule has 32 heavy (non-hydrogen) atoms. The number of nitrogens with zero attached hydrogens (tertiary/aromatic N) is 2. The summed E-state index contributed by atoms with van der Waals surface area (Å²) in [5.41, 5.74) is 2.05. The standard InChI is InChI=1S/C23H27N3O5S/c1-17-5-4-6-20(23(28)25-11-2-3-12-25)21(17)24-22(27)18-7-9-19(10-8-18)32(29,30)26-13-15-31-16-14-26/h4-10H,2-3,11-16H2,1H3,(H,24,27). The molecule has 9 heteroatoms. The third-order valence-electron chi connectivity index (χ3n) is 5.86. The van der Waals surface area contributed by atoms with E-state index < -0.39 is 15.9 Å². The summed E-state index contributed by atoms with van der Waals surface area (Å²) in [6.45, 7) is 4.65. The number of carbonyl (C=O) groups excluding carboxylic acids is 2. The normalized spacial score (nSPS) is 17.3. The number of rotatable bonds is 5. The first-order valence-corrected chi connectivity index (χ1v) is 12.2. The molecular weight excluding hydrogens is 430 g/mol. The van der Waals surface area contributed by atoms with Gasteiger partial charge in [0, 0.05) is 31.7 Å². The molecular formula is C23H27N3O5S. The van der Waals surface area contributed by atoms with Gasteiger partial charge < -0.3 is 15.0 Å². The van der Waals surface area contributed by atoms with Gasteiger partial charge in [-0.05, 0) is 55.7 Å². The third-order valence-corrected chi connectivity index (χ3v) is 7.77. The molecule has 2 aliphatic heterocycles. The number of aryl methyl sites for hydroxylation is 1. The fourth-order valence-electron chi connectivity index (χ4n) is 4.00. The Labute approximate surface area is 188 Å². The lowest BCUT2D eigenvalue weighted by molar-refractivity contribution is 0.0730. The maximum atomic E-state index is 12.9. The molecule has 170 valence electrons. The van der Waals surface area contributed by atoms with Crippen LogP contribution in [0.15, 0.2) is 47.4 Å². The van der Waals surface area contributed by atoms with Crippen LogP contribution in [-0.2, 0) is 14.8 Å². The van der Waals surface area contributed by atoms with E-state index in [9.17, 15) is 18.0 Å². The summed E-state index contributed by atoms with van der Waals surface area (Å²) in [7, 11) is -3.63. The van der Waals surface area contributed by atoms with Gasteiger partial charge in [0.15, 0.2) is 0 Å². The summed E-state index contributed by atoms with van der Waals surface area (Å²) in [6.07, 6.45) is 1.97.